The van der Waals surface area contributed by atoms with Crippen molar-refractivity contribution < 1.29 is 17.6 Å². The summed E-state index contributed by atoms with van der Waals surface area (Å²) in [4.78, 5) is 14.2. The normalized spacial score (nSPS) is 16.1. The number of hydrogen-bond donors (Lipinski definition) is 2. The fraction of sp³-hybridized carbons (Fsp3) is 0.316. The zero-order valence-electron chi connectivity index (χ0n) is 15.1. The van der Waals surface area contributed by atoms with E-state index in [0.717, 1.165) is 22.3 Å². The largest absolute Gasteiger partial charge is 0.325 e. The van der Waals surface area contributed by atoms with Crippen molar-refractivity contribution in [2.45, 2.75) is 23.8 Å². The summed E-state index contributed by atoms with van der Waals surface area (Å²) in [5.41, 5.74) is 0.732. The van der Waals surface area contributed by atoms with Gasteiger partial charge in [0.25, 0.3) is 0 Å². The van der Waals surface area contributed by atoms with E-state index in [9.17, 15) is 17.6 Å². The lowest BCUT2D eigenvalue weighted by molar-refractivity contribution is -0.117. The van der Waals surface area contributed by atoms with Gasteiger partial charge in [-0.25, -0.2) is 17.5 Å². The van der Waals surface area contributed by atoms with E-state index in [1.54, 1.807) is 0 Å². The van der Waals surface area contributed by atoms with Crippen LogP contribution in [0.3, 0.4) is 0 Å². The second kappa shape index (κ2) is 9.13. The van der Waals surface area contributed by atoms with E-state index in [4.69, 9.17) is 0 Å². The maximum Gasteiger partial charge on any atom is 0.240 e. The average Bonchev–Trinajstić information content (AvgIpc) is 2.65. The van der Waals surface area contributed by atoms with Crippen LogP contribution in [0.4, 0.5) is 10.1 Å². The summed E-state index contributed by atoms with van der Waals surface area (Å²) in [5, 5.41) is 2.85. The first-order valence-electron chi connectivity index (χ1n) is 8.87. The molecule has 1 heterocycles. The van der Waals surface area contributed by atoms with E-state index in [0.29, 0.717) is 25.9 Å². The molecule has 0 spiro atoms. The minimum absolute atomic E-state index is 0.0465. The van der Waals surface area contributed by atoms with Crippen LogP contribution in [-0.2, 0) is 14.8 Å². The highest BCUT2D eigenvalue weighted by atomic mass is 79.9. The topological polar surface area (TPSA) is 78.5 Å². The predicted molar refractivity (Wildman–Crippen MR) is 109 cm³/mol. The molecule has 1 amide bonds. The maximum atomic E-state index is 13.0. The van der Waals surface area contributed by atoms with Gasteiger partial charge in [0.05, 0.1) is 11.4 Å². The molecule has 0 atom stereocenters. The first-order valence-corrected chi connectivity index (χ1v) is 11.1. The Morgan fingerprint density at radius 2 is 1.68 bits per heavy atom. The standard InChI is InChI=1S/C19H21BrFN3O3S/c20-14-1-5-16(6-2-14)22-19(25)13-24-11-9-17(10-12-24)23-28(26,27)18-7-3-15(21)4-8-18/h1-8,17,23H,9-13H2,(H,22,25). The molecule has 2 aromatic carbocycles. The number of amides is 1. The van der Waals surface area contributed by atoms with Crippen LogP contribution in [0, 0.1) is 5.82 Å². The highest BCUT2D eigenvalue weighted by molar-refractivity contribution is 9.10. The summed E-state index contributed by atoms with van der Waals surface area (Å²) in [6.45, 7) is 1.49. The Labute approximate surface area is 172 Å². The van der Waals surface area contributed by atoms with Crippen molar-refractivity contribution in [2.24, 2.45) is 0 Å². The van der Waals surface area contributed by atoms with Gasteiger partial charge in [-0.15, -0.1) is 0 Å². The van der Waals surface area contributed by atoms with Crippen LogP contribution in [0.2, 0.25) is 0 Å². The maximum absolute atomic E-state index is 13.0. The zero-order valence-corrected chi connectivity index (χ0v) is 17.5. The van der Waals surface area contributed by atoms with Crippen molar-refractivity contribution in [2.75, 3.05) is 25.0 Å². The number of hydrogen-bond acceptors (Lipinski definition) is 4. The van der Waals surface area contributed by atoms with Gasteiger partial charge in [-0.2, -0.15) is 0 Å². The number of carbonyl (C=O) groups is 1. The third-order valence-electron chi connectivity index (χ3n) is 4.53. The van der Waals surface area contributed by atoms with E-state index in [2.05, 4.69) is 26.0 Å². The Balaban J connectivity index is 1.47. The summed E-state index contributed by atoms with van der Waals surface area (Å²) in [5.74, 6) is -0.582. The Hall–Kier alpha value is -1.81. The third-order valence-corrected chi connectivity index (χ3v) is 6.59. The Kier molecular flexibility index (Phi) is 6.82. The van der Waals surface area contributed by atoms with Crippen molar-refractivity contribution >= 4 is 37.5 Å². The molecule has 2 aromatic rings. The highest BCUT2D eigenvalue weighted by Crippen LogP contribution is 2.17. The molecule has 9 heteroatoms. The number of sulfonamides is 1. The van der Waals surface area contributed by atoms with Gasteiger partial charge in [0.2, 0.25) is 15.9 Å². The van der Waals surface area contributed by atoms with Crippen LogP contribution in [0.5, 0.6) is 0 Å². The molecule has 28 heavy (non-hydrogen) atoms. The highest BCUT2D eigenvalue weighted by Gasteiger charge is 2.25. The van der Waals surface area contributed by atoms with Crippen LogP contribution < -0.4 is 10.0 Å². The summed E-state index contributed by atoms with van der Waals surface area (Å²) >= 11 is 3.35. The molecular weight excluding hydrogens is 449 g/mol. The van der Waals surface area contributed by atoms with Crippen LogP contribution in [0.1, 0.15) is 12.8 Å². The molecular formula is C19H21BrFN3O3S. The number of anilines is 1. The van der Waals surface area contributed by atoms with Gasteiger partial charge in [0.1, 0.15) is 5.82 Å². The quantitative estimate of drug-likeness (QED) is 0.681. The van der Waals surface area contributed by atoms with Gasteiger partial charge in [-0.05, 0) is 61.4 Å². The van der Waals surface area contributed by atoms with Gasteiger partial charge in [0, 0.05) is 29.3 Å². The first-order chi connectivity index (χ1) is 13.3. The fourth-order valence-electron chi connectivity index (χ4n) is 3.05. The molecule has 150 valence electrons. The molecule has 0 unspecified atom stereocenters. The minimum Gasteiger partial charge on any atom is -0.325 e. The van der Waals surface area contributed by atoms with Crippen LogP contribution in [0.15, 0.2) is 57.9 Å². The number of piperidine rings is 1. The van der Waals surface area contributed by atoms with Gasteiger partial charge < -0.3 is 5.32 Å². The van der Waals surface area contributed by atoms with Crippen LogP contribution in [-0.4, -0.2) is 44.9 Å². The average molecular weight is 470 g/mol. The molecule has 0 aromatic heterocycles. The van der Waals surface area contributed by atoms with E-state index < -0.39 is 15.8 Å². The van der Waals surface area contributed by atoms with Gasteiger partial charge in [-0.1, -0.05) is 15.9 Å². The number of halogens is 2. The number of benzene rings is 2. The molecule has 1 fully saturated rings. The molecule has 0 bridgehead atoms. The molecule has 2 N–H and O–H groups in total. The number of likely N-dealkylation sites (tertiary alicyclic amines) is 1. The molecule has 6 nitrogen and oxygen atoms in total. The molecule has 1 saturated heterocycles. The molecule has 1 aliphatic heterocycles. The Bertz CT molecular complexity index is 912. The van der Waals surface area contributed by atoms with E-state index in [1.165, 1.54) is 12.1 Å². The molecule has 1 aliphatic rings. The number of carbonyl (C=O) groups excluding carboxylic acids is 1. The fourth-order valence-corrected chi connectivity index (χ4v) is 4.62. The summed E-state index contributed by atoms with van der Waals surface area (Å²) < 4.78 is 41.4. The van der Waals surface area contributed by atoms with Crippen molar-refractivity contribution in [1.82, 2.24) is 9.62 Å². The smallest absolute Gasteiger partial charge is 0.240 e. The van der Waals surface area contributed by atoms with E-state index in [-0.39, 0.29) is 23.4 Å². The Morgan fingerprint density at radius 3 is 2.29 bits per heavy atom. The number of nitrogens with zero attached hydrogens (tertiary/aromatic N) is 1. The van der Waals surface area contributed by atoms with Gasteiger partial charge in [-0.3, -0.25) is 9.69 Å². The lowest BCUT2D eigenvalue weighted by atomic mass is 10.1. The summed E-state index contributed by atoms with van der Waals surface area (Å²) in [6.07, 6.45) is 1.21. The predicted octanol–water partition coefficient (Wildman–Crippen LogP) is 2.97. The molecule has 3 rings (SSSR count). The number of rotatable bonds is 6. The lowest BCUT2D eigenvalue weighted by Gasteiger charge is -2.31. The SMILES string of the molecule is O=C(CN1CCC(NS(=O)(=O)c2ccc(F)cc2)CC1)Nc1ccc(Br)cc1. The zero-order chi connectivity index (χ0) is 20.1. The van der Waals surface area contributed by atoms with Crippen LogP contribution in [0.25, 0.3) is 0 Å². The van der Waals surface area contributed by atoms with Crippen molar-refractivity contribution in [3.05, 3.63) is 58.8 Å². The lowest BCUT2D eigenvalue weighted by Crippen LogP contribution is -2.46. The molecule has 0 saturated carbocycles. The third kappa shape index (κ3) is 5.84. The van der Waals surface area contributed by atoms with Crippen LogP contribution >= 0.6 is 15.9 Å². The van der Waals surface area contributed by atoms with Crippen molar-refractivity contribution in [3.63, 3.8) is 0 Å². The monoisotopic (exact) mass is 469 g/mol. The second-order valence-corrected chi connectivity index (χ2v) is 9.31. The summed E-state index contributed by atoms with van der Waals surface area (Å²) in [7, 11) is -3.68. The molecule has 0 aliphatic carbocycles. The number of nitrogens with one attached hydrogen (secondary N) is 2. The first kappa shape index (κ1) is 20.9. The van der Waals surface area contributed by atoms with E-state index >= 15 is 0 Å². The minimum atomic E-state index is -3.68. The molecule has 0 radical (unpaired) electrons. The van der Waals surface area contributed by atoms with Crippen molar-refractivity contribution in [3.8, 4) is 0 Å². The van der Waals surface area contributed by atoms with Crippen molar-refractivity contribution in [1.29, 1.82) is 0 Å². The second-order valence-electron chi connectivity index (χ2n) is 6.68. The summed E-state index contributed by atoms with van der Waals surface area (Å²) in [6, 6.07) is 11.9. The van der Waals surface area contributed by atoms with Gasteiger partial charge >= 0.3 is 0 Å². The Morgan fingerprint density at radius 1 is 1.07 bits per heavy atom. The van der Waals surface area contributed by atoms with Gasteiger partial charge in [0.15, 0.2) is 0 Å². The van der Waals surface area contributed by atoms with E-state index in [1.807, 2.05) is 29.2 Å².